The largest absolute Gasteiger partial charge is 0.465 e. The van der Waals surface area contributed by atoms with E-state index in [9.17, 15) is 14.7 Å². The lowest BCUT2D eigenvalue weighted by atomic mass is 9.87. The minimum Gasteiger partial charge on any atom is -0.465 e. The third-order valence-electron chi connectivity index (χ3n) is 4.09. The Bertz CT molecular complexity index is 868. The molecule has 124 valence electrons. The number of amides is 1. The fourth-order valence-electron chi connectivity index (χ4n) is 2.91. The first-order chi connectivity index (χ1) is 11.3. The summed E-state index contributed by atoms with van der Waals surface area (Å²) in [5, 5.41) is 11.5. The minimum atomic E-state index is -2.02. The van der Waals surface area contributed by atoms with Crippen molar-refractivity contribution in [3.63, 3.8) is 0 Å². The number of likely N-dealkylation sites (N-methyl/N-ethyl adjacent to an activating group) is 1. The lowest BCUT2D eigenvalue weighted by molar-refractivity contribution is -0.131. The Hall–Kier alpha value is -2.08. The number of carbonyl (C=O) groups is 2. The molecule has 1 unspecified atom stereocenters. The highest BCUT2D eigenvalue weighted by molar-refractivity contribution is 6.35. The van der Waals surface area contributed by atoms with Gasteiger partial charge in [0.2, 0.25) is 0 Å². The van der Waals surface area contributed by atoms with Crippen molar-refractivity contribution in [2.45, 2.75) is 5.60 Å². The smallest absolute Gasteiger partial charge is 0.337 e. The second kappa shape index (κ2) is 5.77. The summed E-state index contributed by atoms with van der Waals surface area (Å²) in [7, 11) is 2.74. The van der Waals surface area contributed by atoms with Crippen LogP contribution in [0.5, 0.6) is 0 Å². The quantitative estimate of drug-likeness (QED) is 0.830. The van der Waals surface area contributed by atoms with E-state index in [4.69, 9.17) is 23.2 Å². The number of methoxy groups -OCH3 is 1. The summed E-state index contributed by atoms with van der Waals surface area (Å²) >= 11 is 12.5. The molecule has 0 bridgehead atoms. The van der Waals surface area contributed by atoms with Gasteiger partial charge < -0.3 is 14.7 Å². The van der Waals surface area contributed by atoms with E-state index in [1.165, 1.54) is 31.2 Å². The summed E-state index contributed by atoms with van der Waals surface area (Å²) in [6.45, 7) is 0. The summed E-state index contributed by atoms with van der Waals surface area (Å²) in [6, 6.07) is 9.33. The molecule has 1 heterocycles. The first-order valence-electron chi connectivity index (χ1n) is 7.00. The molecule has 7 heteroatoms. The minimum absolute atomic E-state index is 0.0769. The second-order valence-corrected chi connectivity index (χ2v) is 6.21. The SMILES string of the molecule is COC(=O)c1cc(Cl)c2c(c1)N(C)C(=O)C2(O)c1ccccc1Cl. The van der Waals surface area contributed by atoms with E-state index in [-0.39, 0.29) is 26.7 Å². The summed E-state index contributed by atoms with van der Waals surface area (Å²) in [5.41, 5.74) is -1.08. The van der Waals surface area contributed by atoms with Crippen LogP contribution in [0.2, 0.25) is 10.0 Å². The number of halogens is 2. The number of rotatable bonds is 2. The van der Waals surface area contributed by atoms with Crippen LogP contribution in [0.3, 0.4) is 0 Å². The molecule has 0 aromatic heterocycles. The van der Waals surface area contributed by atoms with Crippen molar-refractivity contribution in [2.75, 3.05) is 19.1 Å². The van der Waals surface area contributed by atoms with Crippen LogP contribution in [0.1, 0.15) is 21.5 Å². The lowest BCUT2D eigenvalue weighted by Crippen LogP contribution is -2.39. The Balaban J connectivity index is 2.30. The van der Waals surface area contributed by atoms with Crippen LogP contribution >= 0.6 is 23.2 Å². The van der Waals surface area contributed by atoms with Gasteiger partial charge in [-0.25, -0.2) is 4.79 Å². The monoisotopic (exact) mass is 365 g/mol. The average molecular weight is 366 g/mol. The summed E-state index contributed by atoms with van der Waals surface area (Å²) in [5.74, 6) is -1.19. The van der Waals surface area contributed by atoms with Crippen molar-refractivity contribution < 1.29 is 19.4 Å². The van der Waals surface area contributed by atoms with Crippen molar-refractivity contribution >= 4 is 40.8 Å². The molecule has 0 radical (unpaired) electrons. The van der Waals surface area contributed by atoms with Gasteiger partial charge in [0.05, 0.1) is 23.4 Å². The lowest BCUT2D eigenvalue weighted by Gasteiger charge is -2.24. The molecule has 24 heavy (non-hydrogen) atoms. The van der Waals surface area contributed by atoms with Crippen molar-refractivity contribution in [2.24, 2.45) is 0 Å². The van der Waals surface area contributed by atoms with E-state index < -0.39 is 17.5 Å². The van der Waals surface area contributed by atoms with Crippen LogP contribution in [-0.2, 0) is 15.1 Å². The fraction of sp³-hybridized carbons (Fsp3) is 0.176. The van der Waals surface area contributed by atoms with Crippen molar-refractivity contribution in [1.82, 2.24) is 0 Å². The van der Waals surface area contributed by atoms with Crippen molar-refractivity contribution in [1.29, 1.82) is 0 Å². The molecule has 1 aliphatic heterocycles. The van der Waals surface area contributed by atoms with E-state index in [0.29, 0.717) is 5.69 Å². The number of aliphatic hydroxyl groups is 1. The summed E-state index contributed by atoms with van der Waals surface area (Å²) < 4.78 is 4.68. The third kappa shape index (κ3) is 2.20. The molecule has 0 saturated carbocycles. The van der Waals surface area contributed by atoms with E-state index in [1.807, 2.05) is 0 Å². The van der Waals surface area contributed by atoms with Gasteiger partial charge in [0, 0.05) is 23.2 Å². The molecule has 3 rings (SSSR count). The van der Waals surface area contributed by atoms with Crippen LogP contribution in [0.15, 0.2) is 36.4 Å². The highest BCUT2D eigenvalue weighted by Gasteiger charge is 2.52. The Kier molecular flexibility index (Phi) is 4.03. The first kappa shape index (κ1) is 16.8. The maximum Gasteiger partial charge on any atom is 0.337 e. The Labute approximate surface area is 148 Å². The Morgan fingerprint density at radius 2 is 1.88 bits per heavy atom. The highest BCUT2D eigenvalue weighted by atomic mass is 35.5. The fourth-order valence-corrected chi connectivity index (χ4v) is 3.54. The molecule has 2 aromatic carbocycles. The van der Waals surface area contributed by atoms with Crippen molar-refractivity contribution in [3.05, 3.63) is 63.1 Å². The van der Waals surface area contributed by atoms with Crippen LogP contribution < -0.4 is 4.90 Å². The van der Waals surface area contributed by atoms with Gasteiger partial charge in [0.1, 0.15) is 0 Å². The van der Waals surface area contributed by atoms with Gasteiger partial charge in [-0.1, -0.05) is 41.4 Å². The number of nitrogens with zero attached hydrogens (tertiary/aromatic N) is 1. The molecule has 1 amide bonds. The Morgan fingerprint density at radius 1 is 1.21 bits per heavy atom. The standard InChI is InChI=1S/C17H13Cl2NO4/c1-20-13-8-9(15(21)24-2)7-12(19)14(13)17(23,16(20)22)10-5-3-4-6-11(10)18/h3-8,23H,1-2H3. The molecule has 0 aliphatic carbocycles. The average Bonchev–Trinajstić information content (AvgIpc) is 2.77. The third-order valence-corrected chi connectivity index (χ3v) is 4.72. The molecule has 0 saturated heterocycles. The molecular formula is C17H13Cl2NO4. The van der Waals surface area contributed by atoms with Crippen LogP contribution in [0.25, 0.3) is 0 Å². The predicted octanol–water partition coefficient (Wildman–Crippen LogP) is 2.99. The van der Waals surface area contributed by atoms with E-state index in [0.717, 1.165) is 0 Å². The van der Waals surface area contributed by atoms with Crippen molar-refractivity contribution in [3.8, 4) is 0 Å². The molecule has 0 spiro atoms. The number of anilines is 1. The van der Waals surface area contributed by atoms with Gasteiger partial charge in [-0.15, -0.1) is 0 Å². The predicted molar refractivity (Wildman–Crippen MR) is 90.7 cm³/mol. The van der Waals surface area contributed by atoms with Crippen LogP contribution in [-0.4, -0.2) is 31.1 Å². The summed E-state index contributed by atoms with van der Waals surface area (Å²) in [4.78, 5) is 25.8. The molecule has 1 atom stereocenters. The van der Waals surface area contributed by atoms with E-state index in [2.05, 4.69) is 4.74 Å². The number of benzene rings is 2. The van der Waals surface area contributed by atoms with Gasteiger partial charge in [-0.05, 0) is 18.2 Å². The zero-order chi connectivity index (χ0) is 17.6. The highest BCUT2D eigenvalue weighted by Crippen LogP contribution is 2.49. The normalized spacial score (nSPS) is 19.4. The zero-order valence-corrected chi connectivity index (χ0v) is 14.4. The number of hydrogen-bond acceptors (Lipinski definition) is 4. The van der Waals surface area contributed by atoms with E-state index >= 15 is 0 Å². The molecule has 5 nitrogen and oxygen atoms in total. The Morgan fingerprint density at radius 3 is 2.50 bits per heavy atom. The van der Waals surface area contributed by atoms with Gasteiger partial charge >= 0.3 is 5.97 Å². The molecular weight excluding hydrogens is 353 g/mol. The number of carbonyl (C=O) groups excluding carboxylic acids is 2. The van der Waals surface area contributed by atoms with Crippen LogP contribution in [0, 0.1) is 0 Å². The number of esters is 1. The molecule has 0 fully saturated rings. The molecule has 2 aromatic rings. The summed E-state index contributed by atoms with van der Waals surface area (Å²) in [6.07, 6.45) is 0. The van der Waals surface area contributed by atoms with Crippen LogP contribution in [0.4, 0.5) is 5.69 Å². The van der Waals surface area contributed by atoms with E-state index in [1.54, 1.807) is 24.3 Å². The number of hydrogen-bond donors (Lipinski definition) is 1. The van der Waals surface area contributed by atoms with Gasteiger partial charge in [0.15, 0.2) is 5.60 Å². The number of ether oxygens (including phenoxy) is 1. The van der Waals surface area contributed by atoms with Gasteiger partial charge in [-0.3, -0.25) is 4.79 Å². The van der Waals surface area contributed by atoms with Gasteiger partial charge in [-0.2, -0.15) is 0 Å². The maximum atomic E-state index is 12.8. The number of fused-ring (bicyclic) bond motifs is 1. The topological polar surface area (TPSA) is 66.8 Å². The molecule has 1 aliphatic rings. The zero-order valence-electron chi connectivity index (χ0n) is 12.8. The van der Waals surface area contributed by atoms with Gasteiger partial charge in [0.25, 0.3) is 5.91 Å². The maximum absolute atomic E-state index is 12.8. The second-order valence-electron chi connectivity index (χ2n) is 5.40. The molecule has 1 N–H and O–H groups in total. The first-order valence-corrected chi connectivity index (χ1v) is 7.75.